The highest BCUT2D eigenvalue weighted by atomic mass is 19.1. The number of halogens is 1. The largest absolute Gasteiger partial charge is 0.372 e. The molecule has 1 saturated heterocycles. The molecule has 1 aliphatic heterocycles. The average Bonchev–Trinajstić information content (AvgIpc) is 2.72. The van der Waals surface area contributed by atoms with E-state index in [-0.39, 0.29) is 12.1 Å². The maximum Gasteiger partial charge on any atom is 0.331 e. The van der Waals surface area contributed by atoms with Gasteiger partial charge in [-0.15, -0.1) is 0 Å². The Morgan fingerprint density at radius 1 is 0.966 bits per heavy atom. The fraction of sp³-hybridized carbons (Fsp3) is 0.227. The Hall–Kier alpha value is -3.48. The standard InChI is InChI=1S/C22H22FN3O3/c1-3-25(4-2)18-11-7-15(8-12-18)13-19-20(27)24-22(29)26(21(19)28)14-16-5-9-17(23)10-6-16/h5-13H,3-4,14H2,1-2H3,(H,24,27,29). The van der Waals surface area contributed by atoms with E-state index < -0.39 is 23.7 Å². The molecule has 0 bridgehead atoms. The van der Waals surface area contributed by atoms with E-state index in [1.807, 2.05) is 24.3 Å². The molecule has 7 heteroatoms. The van der Waals surface area contributed by atoms with Crippen molar-refractivity contribution in [3.05, 3.63) is 71.0 Å². The smallest absolute Gasteiger partial charge is 0.331 e. The van der Waals surface area contributed by atoms with Crippen LogP contribution in [0.4, 0.5) is 14.9 Å². The lowest BCUT2D eigenvalue weighted by molar-refractivity contribution is -0.130. The van der Waals surface area contributed by atoms with Crippen LogP contribution in [0, 0.1) is 5.82 Å². The number of imide groups is 2. The van der Waals surface area contributed by atoms with Gasteiger partial charge in [0, 0.05) is 18.8 Å². The maximum absolute atomic E-state index is 13.1. The third-order valence-corrected chi connectivity index (χ3v) is 4.77. The Kier molecular flexibility index (Phi) is 6.07. The van der Waals surface area contributed by atoms with Crippen molar-refractivity contribution in [2.24, 2.45) is 0 Å². The van der Waals surface area contributed by atoms with Gasteiger partial charge in [0.05, 0.1) is 6.54 Å². The molecule has 0 saturated carbocycles. The first-order chi connectivity index (χ1) is 13.9. The van der Waals surface area contributed by atoms with E-state index in [1.165, 1.54) is 30.3 Å². The molecule has 150 valence electrons. The van der Waals surface area contributed by atoms with Crippen molar-refractivity contribution in [2.45, 2.75) is 20.4 Å². The van der Waals surface area contributed by atoms with E-state index in [4.69, 9.17) is 0 Å². The highest BCUT2D eigenvalue weighted by molar-refractivity contribution is 6.30. The summed E-state index contributed by atoms with van der Waals surface area (Å²) in [5.41, 5.74) is 2.18. The summed E-state index contributed by atoms with van der Waals surface area (Å²) in [6.07, 6.45) is 1.47. The molecule has 1 aliphatic rings. The van der Waals surface area contributed by atoms with Gasteiger partial charge in [0.25, 0.3) is 11.8 Å². The van der Waals surface area contributed by atoms with Gasteiger partial charge in [0.2, 0.25) is 0 Å². The third kappa shape index (κ3) is 4.51. The van der Waals surface area contributed by atoms with Crippen LogP contribution in [0.2, 0.25) is 0 Å². The second kappa shape index (κ2) is 8.68. The molecule has 4 amide bonds. The Bertz CT molecular complexity index is 948. The number of rotatable bonds is 6. The molecule has 0 unspecified atom stereocenters. The number of hydrogen-bond donors (Lipinski definition) is 1. The van der Waals surface area contributed by atoms with Gasteiger partial charge in [-0.05, 0) is 55.3 Å². The van der Waals surface area contributed by atoms with Gasteiger partial charge >= 0.3 is 6.03 Å². The fourth-order valence-corrected chi connectivity index (χ4v) is 3.15. The Morgan fingerprint density at radius 2 is 1.59 bits per heavy atom. The predicted molar refractivity (Wildman–Crippen MR) is 108 cm³/mol. The zero-order valence-electron chi connectivity index (χ0n) is 16.3. The molecule has 0 atom stereocenters. The molecule has 2 aromatic carbocycles. The molecular weight excluding hydrogens is 373 g/mol. The summed E-state index contributed by atoms with van der Waals surface area (Å²) in [6.45, 7) is 5.82. The Balaban J connectivity index is 1.84. The topological polar surface area (TPSA) is 69.7 Å². The SMILES string of the molecule is CCN(CC)c1ccc(C=C2C(=O)NC(=O)N(Cc3ccc(F)cc3)C2=O)cc1. The van der Waals surface area contributed by atoms with E-state index >= 15 is 0 Å². The van der Waals surface area contributed by atoms with Gasteiger partial charge in [-0.1, -0.05) is 24.3 Å². The summed E-state index contributed by atoms with van der Waals surface area (Å²) in [4.78, 5) is 40.3. The highest BCUT2D eigenvalue weighted by Gasteiger charge is 2.35. The molecular formula is C22H22FN3O3. The number of anilines is 1. The molecule has 6 nitrogen and oxygen atoms in total. The summed E-state index contributed by atoms with van der Waals surface area (Å²) in [5.74, 6) is -1.83. The number of carbonyl (C=O) groups is 3. The number of carbonyl (C=O) groups excluding carboxylic acids is 3. The minimum Gasteiger partial charge on any atom is -0.372 e. The minimum atomic E-state index is -0.793. The Labute approximate surface area is 168 Å². The van der Waals surface area contributed by atoms with Crippen molar-refractivity contribution < 1.29 is 18.8 Å². The van der Waals surface area contributed by atoms with Crippen LogP contribution in [0.25, 0.3) is 6.08 Å². The summed E-state index contributed by atoms with van der Waals surface area (Å²) in [7, 11) is 0. The number of nitrogens with zero attached hydrogens (tertiary/aromatic N) is 2. The van der Waals surface area contributed by atoms with E-state index in [0.29, 0.717) is 11.1 Å². The van der Waals surface area contributed by atoms with Crippen molar-refractivity contribution in [1.82, 2.24) is 10.2 Å². The lowest BCUT2D eigenvalue weighted by Gasteiger charge is -2.26. The minimum absolute atomic E-state index is 0.0591. The normalized spacial score (nSPS) is 15.6. The van der Waals surface area contributed by atoms with Gasteiger partial charge in [-0.2, -0.15) is 0 Å². The first-order valence-corrected chi connectivity index (χ1v) is 9.41. The third-order valence-electron chi connectivity index (χ3n) is 4.77. The average molecular weight is 395 g/mol. The van der Waals surface area contributed by atoms with Crippen LogP contribution in [0.1, 0.15) is 25.0 Å². The second-order valence-corrected chi connectivity index (χ2v) is 6.60. The predicted octanol–water partition coefficient (Wildman–Crippen LogP) is 3.33. The second-order valence-electron chi connectivity index (χ2n) is 6.60. The molecule has 1 heterocycles. The van der Waals surface area contributed by atoms with Crippen molar-refractivity contribution in [3.8, 4) is 0 Å². The van der Waals surface area contributed by atoms with Gasteiger partial charge in [-0.25, -0.2) is 9.18 Å². The molecule has 29 heavy (non-hydrogen) atoms. The van der Waals surface area contributed by atoms with Crippen LogP contribution in [0.3, 0.4) is 0 Å². The fourth-order valence-electron chi connectivity index (χ4n) is 3.15. The van der Waals surface area contributed by atoms with Crippen molar-refractivity contribution in [3.63, 3.8) is 0 Å². The summed E-state index contributed by atoms with van der Waals surface area (Å²) < 4.78 is 13.1. The van der Waals surface area contributed by atoms with Crippen molar-refractivity contribution in [1.29, 1.82) is 0 Å². The zero-order valence-corrected chi connectivity index (χ0v) is 16.3. The van der Waals surface area contributed by atoms with Gasteiger partial charge in [0.15, 0.2) is 0 Å². The maximum atomic E-state index is 13.1. The van der Waals surface area contributed by atoms with Crippen LogP contribution in [-0.2, 0) is 16.1 Å². The number of benzene rings is 2. The van der Waals surface area contributed by atoms with Gasteiger partial charge in [-0.3, -0.25) is 19.8 Å². The number of hydrogen-bond acceptors (Lipinski definition) is 4. The monoisotopic (exact) mass is 395 g/mol. The van der Waals surface area contributed by atoms with Crippen molar-refractivity contribution >= 4 is 29.6 Å². The molecule has 2 aromatic rings. The molecule has 0 aromatic heterocycles. The number of urea groups is 1. The lowest BCUT2D eigenvalue weighted by atomic mass is 10.1. The first-order valence-electron chi connectivity index (χ1n) is 9.41. The van der Waals surface area contributed by atoms with E-state index in [9.17, 15) is 18.8 Å². The van der Waals surface area contributed by atoms with Crippen LogP contribution >= 0.6 is 0 Å². The van der Waals surface area contributed by atoms with Crippen molar-refractivity contribution in [2.75, 3.05) is 18.0 Å². The summed E-state index contributed by atoms with van der Waals surface area (Å²) in [5, 5.41) is 2.19. The number of amides is 4. The molecule has 1 N–H and O–H groups in total. The van der Waals surface area contributed by atoms with E-state index in [2.05, 4.69) is 24.1 Å². The van der Waals surface area contributed by atoms with E-state index in [0.717, 1.165) is 23.7 Å². The van der Waals surface area contributed by atoms with E-state index in [1.54, 1.807) is 0 Å². The van der Waals surface area contributed by atoms with Crippen LogP contribution in [-0.4, -0.2) is 35.8 Å². The summed E-state index contributed by atoms with van der Waals surface area (Å²) in [6, 6.07) is 12.2. The van der Waals surface area contributed by atoms with Crippen LogP contribution < -0.4 is 10.2 Å². The zero-order chi connectivity index (χ0) is 21.0. The first kappa shape index (κ1) is 20.3. The molecule has 0 radical (unpaired) electrons. The van der Waals surface area contributed by atoms with Crippen LogP contribution in [0.5, 0.6) is 0 Å². The van der Waals surface area contributed by atoms with Gasteiger partial charge in [0.1, 0.15) is 11.4 Å². The molecule has 3 rings (SSSR count). The highest BCUT2D eigenvalue weighted by Crippen LogP contribution is 2.20. The molecule has 0 aliphatic carbocycles. The number of barbiturate groups is 1. The van der Waals surface area contributed by atoms with Gasteiger partial charge < -0.3 is 4.90 Å². The lowest BCUT2D eigenvalue weighted by Crippen LogP contribution is -2.53. The summed E-state index contributed by atoms with van der Waals surface area (Å²) >= 11 is 0. The van der Waals surface area contributed by atoms with Crippen LogP contribution in [0.15, 0.2) is 54.1 Å². The molecule has 1 fully saturated rings. The quantitative estimate of drug-likeness (QED) is 0.602. The Morgan fingerprint density at radius 3 is 2.17 bits per heavy atom. The molecule has 0 spiro atoms. The number of nitrogens with one attached hydrogen (secondary N) is 1.